The van der Waals surface area contributed by atoms with Gasteiger partial charge < -0.3 is 25.0 Å². The van der Waals surface area contributed by atoms with Crippen LogP contribution in [0.4, 0.5) is 16.3 Å². The molecule has 36 heavy (non-hydrogen) atoms. The Morgan fingerprint density at radius 3 is 2.67 bits per heavy atom. The number of hydrogen-bond acceptors (Lipinski definition) is 7. The highest BCUT2D eigenvalue weighted by atomic mass is 16.5. The molecule has 1 aromatic carbocycles. The van der Waals surface area contributed by atoms with Crippen molar-refractivity contribution in [1.82, 2.24) is 20.2 Å². The maximum absolute atomic E-state index is 11.9. The average molecular weight is 497 g/mol. The number of anilines is 2. The Morgan fingerprint density at radius 1 is 1.19 bits per heavy atom. The monoisotopic (exact) mass is 496 g/mol. The Kier molecular flexibility index (Phi) is 8.43. The molecule has 0 unspecified atom stereocenters. The number of morpholine rings is 1. The van der Waals surface area contributed by atoms with E-state index < -0.39 is 0 Å². The van der Waals surface area contributed by atoms with E-state index in [2.05, 4.69) is 48.1 Å². The van der Waals surface area contributed by atoms with Crippen LogP contribution in [-0.4, -0.2) is 78.5 Å². The fraction of sp³-hybridized carbons (Fsp3) is 0.593. The molecule has 0 spiro atoms. The zero-order valence-electron chi connectivity index (χ0n) is 22.3. The number of urea groups is 1. The summed E-state index contributed by atoms with van der Waals surface area (Å²) in [6.07, 6.45) is 0.917. The molecule has 2 aliphatic heterocycles. The number of amides is 2. The van der Waals surface area contributed by atoms with Gasteiger partial charge in [0.25, 0.3) is 0 Å². The van der Waals surface area contributed by atoms with E-state index in [1.807, 2.05) is 31.2 Å². The van der Waals surface area contributed by atoms with Crippen LogP contribution in [-0.2, 0) is 22.4 Å². The van der Waals surface area contributed by atoms with E-state index in [0.717, 1.165) is 55.4 Å². The zero-order chi connectivity index (χ0) is 25.7. The molecule has 0 aliphatic carbocycles. The maximum atomic E-state index is 11.9. The van der Waals surface area contributed by atoms with Gasteiger partial charge in [-0.1, -0.05) is 0 Å². The van der Waals surface area contributed by atoms with Crippen LogP contribution in [0.1, 0.15) is 45.9 Å². The summed E-state index contributed by atoms with van der Waals surface area (Å²) >= 11 is 0. The molecule has 0 saturated carbocycles. The number of benzene rings is 1. The van der Waals surface area contributed by atoms with Gasteiger partial charge in [-0.3, -0.25) is 4.90 Å². The van der Waals surface area contributed by atoms with Gasteiger partial charge in [0.15, 0.2) is 5.82 Å². The first kappa shape index (κ1) is 26.3. The summed E-state index contributed by atoms with van der Waals surface area (Å²) in [5.41, 5.74) is 3.85. The minimum atomic E-state index is -0.214. The number of rotatable bonds is 7. The van der Waals surface area contributed by atoms with Crippen molar-refractivity contribution in [3.05, 3.63) is 35.5 Å². The van der Waals surface area contributed by atoms with Gasteiger partial charge in [-0.05, 0) is 65.3 Å². The molecular weight excluding hydrogens is 456 g/mol. The Labute approximate surface area is 214 Å². The lowest BCUT2D eigenvalue weighted by Gasteiger charge is -2.38. The van der Waals surface area contributed by atoms with Crippen molar-refractivity contribution in [1.29, 1.82) is 0 Å². The number of nitrogens with zero attached hydrogens (tertiary/aromatic N) is 4. The van der Waals surface area contributed by atoms with Crippen LogP contribution in [0.25, 0.3) is 11.4 Å². The van der Waals surface area contributed by atoms with Gasteiger partial charge in [-0.25, -0.2) is 14.8 Å². The number of nitrogens with one attached hydrogen (secondary N) is 2. The van der Waals surface area contributed by atoms with Gasteiger partial charge in [-0.15, -0.1) is 0 Å². The molecule has 0 bridgehead atoms. The Bertz CT molecular complexity index is 1040. The molecule has 3 heterocycles. The molecule has 1 atom stereocenters. The molecule has 9 heteroatoms. The normalized spacial score (nSPS) is 18.6. The summed E-state index contributed by atoms with van der Waals surface area (Å²) in [5, 5.41) is 5.59. The van der Waals surface area contributed by atoms with Crippen molar-refractivity contribution in [3.8, 4) is 11.4 Å². The molecule has 196 valence electrons. The van der Waals surface area contributed by atoms with Crippen LogP contribution >= 0.6 is 0 Å². The van der Waals surface area contributed by atoms with E-state index in [9.17, 15) is 4.79 Å². The SMILES string of the molecule is CCNC(=O)Nc1ccc(-c2nc3c(c(N4CCOC[C@@H]4C)n2)CCN(CCOC(C)(C)C)C3)cc1. The topological polar surface area (TPSA) is 91.9 Å². The molecule has 1 fully saturated rings. The predicted molar refractivity (Wildman–Crippen MR) is 142 cm³/mol. The van der Waals surface area contributed by atoms with E-state index in [-0.39, 0.29) is 17.7 Å². The van der Waals surface area contributed by atoms with Crippen LogP contribution < -0.4 is 15.5 Å². The second-order valence-corrected chi connectivity index (χ2v) is 10.5. The number of ether oxygens (including phenoxy) is 2. The van der Waals surface area contributed by atoms with Crippen LogP contribution in [0.5, 0.6) is 0 Å². The van der Waals surface area contributed by atoms with Gasteiger partial charge >= 0.3 is 6.03 Å². The average Bonchev–Trinajstić information content (AvgIpc) is 2.83. The van der Waals surface area contributed by atoms with Gasteiger partial charge in [0, 0.05) is 49.5 Å². The van der Waals surface area contributed by atoms with E-state index in [0.29, 0.717) is 32.2 Å². The van der Waals surface area contributed by atoms with Gasteiger partial charge in [0.05, 0.1) is 37.2 Å². The Morgan fingerprint density at radius 2 is 1.97 bits per heavy atom. The Balaban J connectivity index is 1.60. The summed E-state index contributed by atoms with van der Waals surface area (Å²) in [6.45, 7) is 16.5. The van der Waals surface area contributed by atoms with Crippen molar-refractivity contribution in [3.63, 3.8) is 0 Å². The molecule has 0 radical (unpaired) electrons. The minimum Gasteiger partial charge on any atom is -0.377 e. The molecular formula is C27H40N6O3. The molecule has 1 aromatic heterocycles. The lowest BCUT2D eigenvalue weighted by molar-refractivity contribution is -0.0145. The molecule has 2 aliphatic rings. The lowest BCUT2D eigenvalue weighted by atomic mass is 10.0. The zero-order valence-corrected chi connectivity index (χ0v) is 22.3. The predicted octanol–water partition coefficient (Wildman–Crippen LogP) is 3.68. The molecule has 1 saturated heterocycles. The molecule has 9 nitrogen and oxygen atoms in total. The number of hydrogen-bond donors (Lipinski definition) is 2. The summed E-state index contributed by atoms with van der Waals surface area (Å²) < 4.78 is 11.7. The second kappa shape index (κ2) is 11.5. The molecule has 2 aromatic rings. The molecule has 2 amide bonds. The Hall–Kier alpha value is -2.75. The summed E-state index contributed by atoms with van der Waals surface area (Å²) in [7, 11) is 0. The fourth-order valence-corrected chi connectivity index (χ4v) is 4.58. The standard InChI is InChI=1S/C27H40N6O3/c1-6-28-26(34)29-21-9-7-20(8-10-21)24-30-23-17-32(13-16-36-27(3,4)5)12-11-22(23)25(31-24)33-14-15-35-18-19(33)2/h7-10,19H,6,11-18H2,1-5H3,(H2,28,29,34)/t19-/m0/s1. The second-order valence-electron chi connectivity index (χ2n) is 10.5. The largest absolute Gasteiger partial charge is 0.377 e. The minimum absolute atomic E-state index is 0.138. The van der Waals surface area contributed by atoms with Gasteiger partial charge in [0.1, 0.15) is 5.82 Å². The summed E-state index contributed by atoms with van der Waals surface area (Å²) in [4.78, 5) is 26.8. The van der Waals surface area contributed by atoms with Crippen molar-refractivity contribution in [2.75, 3.05) is 56.2 Å². The van der Waals surface area contributed by atoms with E-state index >= 15 is 0 Å². The first-order chi connectivity index (χ1) is 17.2. The number of carbonyl (C=O) groups excluding carboxylic acids is 1. The third-order valence-corrected chi connectivity index (χ3v) is 6.44. The van der Waals surface area contributed by atoms with Crippen LogP contribution in [0.2, 0.25) is 0 Å². The van der Waals surface area contributed by atoms with Crippen molar-refractivity contribution in [2.24, 2.45) is 0 Å². The van der Waals surface area contributed by atoms with Crippen LogP contribution in [0.3, 0.4) is 0 Å². The van der Waals surface area contributed by atoms with E-state index in [1.165, 1.54) is 5.56 Å². The van der Waals surface area contributed by atoms with E-state index in [1.54, 1.807) is 0 Å². The van der Waals surface area contributed by atoms with Crippen LogP contribution in [0.15, 0.2) is 24.3 Å². The van der Waals surface area contributed by atoms with Crippen molar-refractivity contribution in [2.45, 2.75) is 59.2 Å². The van der Waals surface area contributed by atoms with Gasteiger partial charge in [0.2, 0.25) is 0 Å². The van der Waals surface area contributed by atoms with Gasteiger partial charge in [-0.2, -0.15) is 0 Å². The first-order valence-electron chi connectivity index (χ1n) is 13.0. The number of fused-ring (bicyclic) bond motifs is 1. The quantitative estimate of drug-likeness (QED) is 0.604. The highest BCUT2D eigenvalue weighted by molar-refractivity contribution is 5.89. The summed E-state index contributed by atoms with van der Waals surface area (Å²) in [5.74, 6) is 1.74. The lowest BCUT2D eigenvalue weighted by Crippen LogP contribution is -2.45. The number of aromatic nitrogens is 2. The molecule has 2 N–H and O–H groups in total. The highest BCUT2D eigenvalue weighted by Gasteiger charge is 2.29. The fourth-order valence-electron chi connectivity index (χ4n) is 4.58. The third-order valence-electron chi connectivity index (χ3n) is 6.44. The van der Waals surface area contributed by atoms with Crippen molar-refractivity contribution < 1.29 is 14.3 Å². The number of carbonyl (C=O) groups is 1. The smallest absolute Gasteiger partial charge is 0.319 e. The summed E-state index contributed by atoms with van der Waals surface area (Å²) in [6, 6.07) is 7.75. The first-order valence-corrected chi connectivity index (χ1v) is 13.0. The highest BCUT2D eigenvalue weighted by Crippen LogP contribution is 2.31. The van der Waals surface area contributed by atoms with E-state index in [4.69, 9.17) is 19.4 Å². The third kappa shape index (κ3) is 6.72. The molecule has 4 rings (SSSR count). The maximum Gasteiger partial charge on any atom is 0.319 e. The van der Waals surface area contributed by atoms with Crippen LogP contribution in [0, 0.1) is 0 Å². The van der Waals surface area contributed by atoms with Crippen molar-refractivity contribution >= 4 is 17.5 Å².